The van der Waals surface area contributed by atoms with Crippen molar-refractivity contribution in [2.24, 2.45) is 5.92 Å². The molecule has 0 N–H and O–H groups in total. The average Bonchev–Trinajstić information content (AvgIpc) is 2.53. The van der Waals surface area contributed by atoms with Crippen molar-refractivity contribution in [2.45, 2.75) is 33.1 Å². The van der Waals surface area contributed by atoms with Crippen LogP contribution in [0.15, 0.2) is 54.6 Å². The minimum absolute atomic E-state index is 0.367. The van der Waals surface area contributed by atoms with Gasteiger partial charge in [0.15, 0.2) is 0 Å². The molecule has 0 aliphatic rings. The summed E-state index contributed by atoms with van der Waals surface area (Å²) in [6.45, 7) is 6.49. The maximum absolute atomic E-state index is 5.81. The van der Waals surface area contributed by atoms with Gasteiger partial charge in [-0.2, -0.15) is 0 Å². The van der Waals surface area contributed by atoms with E-state index in [-0.39, 0.29) is 0 Å². The van der Waals surface area contributed by atoms with Gasteiger partial charge in [0.2, 0.25) is 0 Å². The third-order valence-electron chi connectivity index (χ3n) is 3.64. The Kier molecular flexibility index (Phi) is 5.46. The predicted molar refractivity (Wildman–Crippen MR) is 88.6 cm³/mol. The predicted octanol–water partition coefficient (Wildman–Crippen LogP) is 5.63. The van der Waals surface area contributed by atoms with Crippen LogP contribution < -0.4 is 4.74 Å². The van der Waals surface area contributed by atoms with Gasteiger partial charge >= 0.3 is 0 Å². The summed E-state index contributed by atoms with van der Waals surface area (Å²) in [4.78, 5) is 0. The zero-order chi connectivity index (χ0) is 15.1. The summed E-state index contributed by atoms with van der Waals surface area (Å²) in [5.41, 5.74) is 1.30. The lowest BCUT2D eigenvalue weighted by atomic mass is 9.89. The highest BCUT2D eigenvalue weighted by Crippen LogP contribution is 2.27. The van der Waals surface area contributed by atoms with Crippen molar-refractivity contribution in [3.05, 3.63) is 60.2 Å². The number of hydrogen-bond acceptors (Lipinski definition) is 1. The monoisotopic (exact) mass is 278 g/mol. The highest BCUT2D eigenvalue weighted by molar-refractivity contribution is 5.34. The molecule has 108 valence electrons. The summed E-state index contributed by atoms with van der Waals surface area (Å²) >= 11 is 0. The van der Waals surface area contributed by atoms with Gasteiger partial charge in [-0.15, -0.1) is 5.92 Å². The molecule has 2 aromatic carbocycles. The smallest absolute Gasteiger partial charge is 0.127 e. The van der Waals surface area contributed by atoms with E-state index in [0.29, 0.717) is 11.8 Å². The standard InChI is InChI=1S/C20H22O/c1-4-5-9-16(2)17(3)18-12-14-20(15-13-18)21-19-10-7-6-8-11-19/h6-8,10-17H,4H2,1-3H3. The molecule has 0 bridgehead atoms. The molecule has 0 aliphatic heterocycles. The van der Waals surface area contributed by atoms with Gasteiger partial charge in [-0.1, -0.05) is 57.0 Å². The number of benzene rings is 2. The van der Waals surface area contributed by atoms with Gasteiger partial charge in [0.05, 0.1) is 0 Å². The molecule has 2 atom stereocenters. The SMILES string of the molecule is CCC#CC(C)C(C)c1ccc(Oc2ccccc2)cc1. The van der Waals surface area contributed by atoms with E-state index in [1.54, 1.807) is 0 Å². The molecule has 1 heteroatoms. The minimum Gasteiger partial charge on any atom is -0.457 e. The number of hydrogen-bond donors (Lipinski definition) is 0. The van der Waals surface area contributed by atoms with Crippen molar-refractivity contribution >= 4 is 0 Å². The lowest BCUT2D eigenvalue weighted by Gasteiger charge is -2.16. The van der Waals surface area contributed by atoms with Gasteiger partial charge < -0.3 is 4.74 Å². The molecule has 0 fully saturated rings. The fourth-order valence-corrected chi connectivity index (χ4v) is 2.14. The van der Waals surface area contributed by atoms with Crippen molar-refractivity contribution < 1.29 is 4.74 Å². The first-order chi connectivity index (χ1) is 10.2. The van der Waals surface area contributed by atoms with Crippen molar-refractivity contribution in [3.63, 3.8) is 0 Å². The summed E-state index contributed by atoms with van der Waals surface area (Å²) in [7, 11) is 0. The van der Waals surface area contributed by atoms with Crippen LogP contribution in [-0.4, -0.2) is 0 Å². The fourth-order valence-electron chi connectivity index (χ4n) is 2.14. The zero-order valence-electron chi connectivity index (χ0n) is 13.0. The van der Waals surface area contributed by atoms with E-state index in [9.17, 15) is 0 Å². The molecular weight excluding hydrogens is 256 g/mol. The lowest BCUT2D eigenvalue weighted by Crippen LogP contribution is -2.03. The molecular formula is C20H22O. The van der Waals surface area contributed by atoms with Crippen LogP contribution in [-0.2, 0) is 0 Å². The second kappa shape index (κ2) is 7.55. The lowest BCUT2D eigenvalue weighted by molar-refractivity contribution is 0.482. The first kappa shape index (κ1) is 15.2. The van der Waals surface area contributed by atoms with Gasteiger partial charge in [-0.25, -0.2) is 0 Å². The van der Waals surface area contributed by atoms with E-state index >= 15 is 0 Å². The molecule has 0 amide bonds. The second-order valence-electron chi connectivity index (χ2n) is 5.24. The fraction of sp³-hybridized carbons (Fsp3) is 0.300. The van der Waals surface area contributed by atoms with Gasteiger partial charge in [0, 0.05) is 12.3 Å². The van der Waals surface area contributed by atoms with E-state index in [1.165, 1.54) is 5.56 Å². The summed E-state index contributed by atoms with van der Waals surface area (Å²) < 4.78 is 5.81. The Labute approximate surface area is 128 Å². The van der Waals surface area contributed by atoms with Crippen LogP contribution in [0.3, 0.4) is 0 Å². The summed E-state index contributed by atoms with van der Waals surface area (Å²) in [5.74, 6) is 8.99. The van der Waals surface area contributed by atoms with Crippen molar-refractivity contribution in [1.29, 1.82) is 0 Å². The Morgan fingerprint density at radius 3 is 2.14 bits per heavy atom. The van der Waals surface area contributed by atoms with Gasteiger partial charge in [-0.3, -0.25) is 0 Å². The van der Waals surface area contributed by atoms with Crippen molar-refractivity contribution in [2.75, 3.05) is 0 Å². The van der Waals surface area contributed by atoms with Crippen LogP contribution in [0.4, 0.5) is 0 Å². The topological polar surface area (TPSA) is 9.23 Å². The Hall–Kier alpha value is -2.20. The molecule has 2 unspecified atom stereocenters. The van der Waals surface area contributed by atoms with Crippen molar-refractivity contribution in [3.8, 4) is 23.3 Å². The number of ether oxygens (including phenoxy) is 1. The number of para-hydroxylation sites is 1. The van der Waals surface area contributed by atoms with E-state index in [1.807, 2.05) is 42.5 Å². The maximum Gasteiger partial charge on any atom is 0.127 e. The molecule has 2 rings (SSSR count). The molecule has 0 saturated heterocycles. The van der Waals surface area contributed by atoms with Gasteiger partial charge in [0.25, 0.3) is 0 Å². The third kappa shape index (κ3) is 4.39. The van der Waals surface area contributed by atoms with E-state index in [2.05, 4.69) is 44.7 Å². The van der Waals surface area contributed by atoms with Crippen molar-refractivity contribution in [1.82, 2.24) is 0 Å². The van der Waals surface area contributed by atoms with Gasteiger partial charge in [0.1, 0.15) is 11.5 Å². The van der Waals surface area contributed by atoms with Crippen LogP contribution in [0.5, 0.6) is 11.5 Å². The van der Waals surface area contributed by atoms with E-state index < -0.39 is 0 Å². The molecule has 0 heterocycles. The largest absolute Gasteiger partial charge is 0.457 e. The first-order valence-electron chi connectivity index (χ1n) is 7.52. The molecule has 1 nitrogen and oxygen atoms in total. The third-order valence-corrected chi connectivity index (χ3v) is 3.64. The molecule has 0 radical (unpaired) electrons. The van der Waals surface area contributed by atoms with E-state index in [0.717, 1.165) is 17.9 Å². The minimum atomic E-state index is 0.367. The summed E-state index contributed by atoms with van der Waals surface area (Å²) in [5, 5.41) is 0. The molecule has 0 aromatic heterocycles. The Balaban J connectivity index is 2.05. The molecule has 0 aliphatic carbocycles. The Morgan fingerprint density at radius 2 is 1.52 bits per heavy atom. The van der Waals surface area contributed by atoms with Crippen LogP contribution in [0.2, 0.25) is 0 Å². The summed E-state index contributed by atoms with van der Waals surface area (Å²) in [6, 6.07) is 18.2. The molecule has 2 aromatic rings. The quantitative estimate of drug-likeness (QED) is 0.658. The number of rotatable bonds is 4. The Morgan fingerprint density at radius 1 is 0.905 bits per heavy atom. The maximum atomic E-state index is 5.81. The molecule has 21 heavy (non-hydrogen) atoms. The Bertz CT molecular complexity index is 602. The second-order valence-corrected chi connectivity index (χ2v) is 5.24. The zero-order valence-corrected chi connectivity index (χ0v) is 13.0. The van der Waals surface area contributed by atoms with Crippen LogP contribution in [0.1, 0.15) is 38.7 Å². The highest BCUT2D eigenvalue weighted by Gasteiger charge is 2.12. The first-order valence-corrected chi connectivity index (χ1v) is 7.52. The van der Waals surface area contributed by atoms with Crippen LogP contribution >= 0.6 is 0 Å². The highest BCUT2D eigenvalue weighted by atomic mass is 16.5. The molecule has 0 saturated carbocycles. The van der Waals surface area contributed by atoms with Gasteiger partial charge in [-0.05, 0) is 35.7 Å². The summed E-state index contributed by atoms with van der Waals surface area (Å²) in [6.07, 6.45) is 0.918. The van der Waals surface area contributed by atoms with Crippen LogP contribution in [0.25, 0.3) is 0 Å². The molecule has 0 spiro atoms. The average molecular weight is 278 g/mol. The van der Waals surface area contributed by atoms with Crippen LogP contribution in [0, 0.1) is 17.8 Å². The normalized spacial score (nSPS) is 12.9. The van der Waals surface area contributed by atoms with E-state index in [4.69, 9.17) is 4.74 Å².